The molecule has 0 amide bonds. The van der Waals surface area contributed by atoms with Crippen LogP contribution < -0.4 is 4.74 Å². The average Bonchev–Trinajstić information content (AvgIpc) is 2.87. The SMILES string of the molecule is CCOc1ccc(C(Cl)c2sccc2CC)c(Br)c1. The highest BCUT2D eigenvalue weighted by atomic mass is 79.9. The first kappa shape index (κ1) is 14.9. The van der Waals surface area contributed by atoms with E-state index in [9.17, 15) is 0 Å². The molecule has 4 heteroatoms. The molecule has 19 heavy (non-hydrogen) atoms. The molecular formula is C15H16BrClOS. The molecule has 0 bridgehead atoms. The molecule has 0 aliphatic heterocycles. The lowest BCUT2D eigenvalue weighted by atomic mass is 10.1. The molecule has 2 aromatic rings. The molecule has 1 heterocycles. The summed E-state index contributed by atoms with van der Waals surface area (Å²) < 4.78 is 6.48. The quantitative estimate of drug-likeness (QED) is 0.613. The summed E-state index contributed by atoms with van der Waals surface area (Å²) in [4.78, 5) is 1.23. The summed E-state index contributed by atoms with van der Waals surface area (Å²) in [6.45, 7) is 4.80. The summed E-state index contributed by atoms with van der Waals surface area (Å²) in [6.07, 6.45) is 1.01. The van der Waals surface area contributed by atoms with E-state index in [1.54, 1.807) is 11.3 Å². The Morgan fingerprint density at radius 2 is 2.11 bits per heavy atom. The lowest BCUT2D eigenvalue weighted by Gasteiger charge is -2.13. The Kier molecular flexibility index (Phi) is 5.31. The topological polar surface area (TPSA) is 9.23 Å². The average molecular weight is 360 g/mol. The minimum absolute atomic E-state index is 0.111. The second-order valence-corrected chi connectivity index (χ2v) is 6.38. The Morgan fingerprint density at radius 1 is 1.32 bits per heavy atom. The third-order valence-corrected chi connectivity index (χ3v) is 5.24. The first-order chi connectivity index (χ1) is 9.17. The predicted molar refractivity (Wildman–Crippen MR) is 86.7 cm³/mol. The number of hydrogen-bond acceptors (Lipinski definition) is 2. The van der Waals surface area contributed by atoms with Crippen LogP contribution in [0.15, 0.2) is 34.1 Å². The highest BCUT2D eigenvalue weighted by molar-refractivity contribution is 9.10. The maximum atomic E-state index is 6.63. The lowest BCUT2D eigenvalue weighted by molar-refractivity contribution is 0.340. The molecule has 0 spiro atoms. The van der Waals surface area contributed by atoms with E-state index in [0.29, 0.717) is 6.61 Å². The Labute approximate surface area is 131 Å². The van der Waals surface area contributed by atoms with Gasteiger partial charge in [0.15, 0.2) is 0 Å². The molecule has 1 aromatic heterocycles. The van der Waals surface area contributed by atoms with Gasteiger partial charge in [-0.1, -0.05) is 28.9 Å². The van der Waals surface area contributed by atoms with Crippen molar-refractivity contribution in [2.45, 2.75) is 25.6 Å². The van der Waals surface area contributed by atoms with E-state index < -0.39 is 0 Å². The van der Waals surface area contributed by atoms with Gasteiger partial charge in [0.2, 0.25) is 0 Å². The van der Waals surface area contributed by atoms with Gasteiger partial charge in [-0.05, 0) is 48.1 Å². The van der Waals surface area contributed by atoms with E-state index in [4.69, 9.17) is 16.3 Å². The van der Waals surface area contributed by atoms with Crippen molar-refractivity contribution >= 4 is 38.9 Å². The molecule has 0 aliphatic rings. The maximum absolute atomic E-state index is 6.63. The second kappa shape index (κ2) is 6.78. The maximum Gasteiger partial charge on any atom is 0.120 e. The minimum atomic E-state index is -0.111. The molecule has 0 saturated carbocycles. The number of rotatable bonds is 5. The Hall–Kier alpha value is -0.510. The molecule has 1 atom stereocenters. The van der Waals surface area contributed by atoms with Gasteiger partial charge in [-0.25, -0.2) is 0 Å². The van der Waals surface area contributed by atoms with Crippen LogP contribution in [0.3, 0.4) is 0 Å². The van der Waals surface area contributed by atoms with E-state index in [0.717, 1.165) is 22.2 Å². The normalized spacial score (nSPS) is 12.4. The molecule has 1 unspecified atom stereocenters. The molecule has 0 radical (unpaired) electrons. The van der Waals surface area contributed by atoms with Crippen LogP contribution in [-0.2, 0) is 6.42 Å². The smallest absolute Gasteiger partial charge is 0.120 e. The van der Waals surface area contributed by atoms with Gasteiger partial charge < -0.3 is 4.74 Å². The second-order valence-electron chi connectivity index (χ2n) is 4.14. The summed E-state index contributed by atoms with van der Waals surface area (Å²) in [5.41, 5.74) is 2.41. The molecule has 102 valence electrons. The van der Waals surface area contributed by atoms with E-state index in [1.165, 1.54) is 10.4 Å². The van der Waals surface area contributed by atoms with E-state index in [-0.39, 0.29) is 5.38 Å². The van der Waals surface area contributed by atoms with Gasteiger partial charge in [0, 0.05) is 9.35 Å². The Morgan fingerprint density at radius 3 is 2.74 bits per heavy atom. The van der Waals surface area contributed by atoms with Gasteiger partial charge in [0.1, 0.15) is 5.75 Å². The van der Waals surface area contributed by atoms with Crippen molar-refractivity contribution in [1.29, 1.82) is 0 Å². The number of aryl methyl sites for hydroxylation is 1. The number of hydrogen-bond donors (Lipinski definition) is 0. The van der Waals surface area contributed by atoms with Crippen molar-refractivity contribution in [2.75, 3.05) is 6.61 Å². The van der Waals surface area contributed by atoms with Gasteiger partial charge >= 0.3 is 0 Å². The molecule has 0 fully saturated rings. The fourth-order valence-corrected chi connectivity index (χ4v) is 4.17. The van der Waals surface area contributed by atoms with Gasteiger partial charge in [0.05, 0.1) is 12.0 Å². The van der Waals surface area contributed by atoms with Crippen molar-refractivity contribution in [3.05, 3.63) is 50.1 Å². The van der Waals surface area contributed by atoms with Crippen LogP contribution in [-0.4, -0.2) is 6.61 Å². The minimum Gasteiger partial charge on any atom is -0.494 e. The summed E-state index contributed by atoms with van der Waals surface area (Å²) in [6, 6.07) is 8.13. The highest BCUT2D eigenvalue weighted by Gasteiger charge is 2.18. The fraction of sp³-hybridized carbons (Fsp3) is 0.333. The molecule has 0 aliphatic carbocycles. The Bertz CT molecular complexity index is 553. The van der Waals surface area contributed by atoms with E-state index in [2.05, 4.69) is 34.3 Å². The molecule has 2 rings (SSSR count). The monoisotopic (exact) mass is 358 g/mol. The van der Waals surface area contributed by atoms with Crippen LogP contribution in [0, 0.1) is 0 Å². The predicted octanol–water partition coefficient (Wildman–Crippen LogP) is 5.80. The molecule has 0 saturated heterocycles. The fourth-order valence-electron chi connectivity index (χ4n) is 1.97. The van der Waals surface area contributed by atoms with Crippen molar-refractivity contribution in [2.24, 2.45) is 0 Å². The van der Waals surface area contributed by atoms with Gasteiger partial charge in [-0.15, -0.1) is 22.9 Å². The molecule has 0 N–H and O–H groups in total. The standard InChI is InChI=1S/C15H16BrClOS/c1-3-10-7-8-19-15(10)14(17)12-6-5-11(18-4-2)9-13(12)16/h5-9,14H,3-4H2,1-2H3. The largest absolute Gasteiger partial charge is 0.494 e. The lowest BCUT2D eigenvalue weighted by Crippen LogP contribution is -1.97. The summed E-state index contributed by atoms with van der Waals surface area (Å²) in [7, 11) is 0. The van der Waals surface area contributed by atoms with Crippen LogP contribution >= 0.6 is 38.9 Å². The Balaban J connectivity index is 2.31. The van der Waals surface area contributed by atoms with Crippen molar-refractivity contribution in [1.82, 2.24) is 0 Å². The zero-order chi connectivity index (χ0) is 13.8. The van der Waals surface area contributed by atoms with Crippen LogP contribution in [0.5, 0.6) is 5.75 Å². The molecular weight excluding hydrogens is 344 g/mol. The first-order valence-corrected chi connectivity index (χ1v) is 8.40. The summed E-state index contributed by atoms with van der Waals surface area (Å²) in [5.74, 6) is 0.865. The third-order valence-electron chi connectivity index (χ3n) is 2.95. The zero-order valence-electron chi connectivity index (χ0n) is 11.0. The number of halogens is 2. The van der Waals surface area contributed by atoms with Crippen molar-refractivity contribution in [3.8, 4) is 5.75 Å². The van der Waals surface area contributed by atoms with Crippen LogP contribution in [0.2, 0.25) is 0 Å². The molecule has 1 aromatic carbocycles. The number of alkyl halides is 1. The first-order valence-electron chi connectivity index (χ1n) is 6.29. The van der Waals surface area contributed by atoms with E-state index >= 15 is 0 Å². The zero-order valence-corrected chi connectivity index (χ0v) is 14.1. The van der Waals surface area contributed by atoms with Crippen LogP contribution in [0.1, 0.15) is 35.2 Å². The van der Waals surface area contributed by atoms with Gasteiger partial charge in [-0.2, -0.15) is 0 Å². The summed E-state index contributed by atoms with van der Waals surface area (Å²) >= 11 is 11.9. The van der Waals surface area contributed by atoms with Gasteiger partial charge in [0.25, 0.3) is 0 Å². The van der Waals surface area contributed by atoms with Crippen LogP contribution in [0.4, 0.5) is 0 Å². The van der Waals surface area contributed by atoms with Crippen LogP contribution in [0.25, 0.3) is 0 Å². The van der Waals surface area contributed by atoms with Gasteiger partial charge in [-0.3, -0.25) is 0 Å². The number of ether oxygens (including phenoxy) is 1. The van der Waals surface area contributed by atoms with E-state index in [1.807, 2.05) is 25.1 Å². The number of thiophene rings is 1. The summed E-state index contributed by atoms with van der Waals surface area (Å²) in [5, 5.41) is 1.99. The third kappa shape index (κ3) is 3.33. The van der Waals surface area contributed by atoms with Crippen molar-refractivity contribution < 1.29 is 4.74 Å². The number of benzene rings is 1. The van der Waals surface area contributed by atoms with Crippen molar-refractivity contribution in [3.63, 3.8) is 0 Å². The highest BCUT2D eigenvalue weighted by Crippen LogP contribution is 2.39. The molecule has 1 nitrogen and oxygen atoms in total.